The van der Waals surface area contributed by atoms with Gasteiger partial charge in [-0.15, -0.1) is 0 Å². The van der Waals surface area contributed by atoms with Gasteiger partial charge in [0.25, 0.3) is 0 Å². The van der Waals surface area contributed by atoms with Crippen LogP contribution in [0.4, 0.5) is 0 Å². The first-order valence-corrected chi connectivity index (χ1v) is 9.58. The number of nitrogens with zero attached hydrogens (tertiary/aromatic N) is 4. The van der Waals surface area contributed by atoms with E-state index in [9.17, 15) is 9.59 Å². The lowest BCUT2D eigenvalue weighted by Gasteiger charge is -2.33. The van der Waals surface area contributed by atoms with Gasteiger partial charge < -0.3 is 37.8 Å². The van der Waals surface area contributed by atoms with Crippen molar-refractivity contribution in [2.75, 3.05) is 33.2 Å². The van der Waals surface area contributed by atoms with Gasteiger partial charge in [0.05, 0.1) is 22.8 Å². The summed E-state index contributed by atoms with van der Waals surface area (Å²) in [5.74, 6) is -0.938. The third-order valence-corrected chi connectivity index (χ3v) is 4.50. The van der Waals surface area contributed by atoms with Crippen molar-refractivity contribution in [3.63, 3.8) is 0 Å². The predicted octanol–water partition coefficient (Wildman–Crippen LogP) is -0.316. The summed E-state index contributed by atoms with van der Waals surface area (Å²) in [6.45, 7) is 9.96. The molecule has 0 bridgehead atoms. The molecule has 1 aliphatic rings. The Morgan fingerprint density at radius 3 is 1.65 bits per heavy atom. The predicted molar refractivity (Wildman–Crippen MR) is 127 cm³/mol. The van der Waals surface area contributed by atoms with Crippen LogP contribution in [0.1, 0.15) is 35.1 Å². The van der Waals surface area contributed by atoms with Crippen LogP contribution in [-0.2, 0) is 9.59 Å². The Bertz CT molecular complexity index is 707. The van der Waals surface area contributed by atoms with E-state index >= 15 is 0 Å². The van der Waals surface area contributed by atoms with Gasteiger partial charge in [0, 0.05) is 38.6 Å². The number of likely N-dealkylation sites (N-methyl/N-ethyl adjacent to an activating group) is 1. The fourth-order valence-corrected chi connectivity index (χ4v) is 2.37. The second kappa shape index (κ2) is 14.8. The van der Waals surface area contributed by atoms with Crippen LogP contribution in [0, 0.1) is 0 Å². The minimum absolute atomic E-state index is 0. The number of aliphatic carboxylic acids is 1. The third kappa shape index (κ3) is 11.0. The molecule has 0 aromatic heterocycles. The number of rotatable bonds is 6. The molecule has 2 atom stereocenters. The number of allylic oxidation sites excluding steroid dienone is 2. The summed E-state index contributed by atoms with van der Waals surface area (Å²) in [6, 6.07) is -1.20. The smallest absolute Gasteiger partial charge is 0.328 e. The number of piperazine rings is 1. The number of hydrogen-bond acceptors (Lipinski definition) is 9. The Morgan fingerprint density at radius 2 is 1.29 bits per heavy atom. The minimum Gasteiger partial charge on any atom is -0.480 e. The molecule has 0 spiro atoms. The zero-order valence-corrected chi connectivity index (χ0v) is 18.5. The highest BCUT2D eigenvalue weighted by atomic mass is 16.4. The number of carbonyl (C=O) groups excluding carboxylic acids is 1. The van der Waals surface area contributed by atoms with Crippen LogP contribution in [0.2, 0.25) is 0 Å². The van der Waals surface area contributed by atoms with Crippen LogP contribution in [0.5, 0.6) is 0 Å². The van der Waals surface area contributed by atoms with Crippen LogP contribution in [-0.4, -0.2) is 83.5 Å². The summed E-state index contributed by atoms with van der Waals surface area (Å²) in [6.07, 6.45) is 2.49. The number of carboxylic acid groups (broad SMARTS) is 1. The first-order valence-electron chi connectivity index (χ1n) is 9.58. The van der Waals surface area contributed by atoms with Crippen LogP contribution < -0.4 is 22.9 Å². The highest BCUT2D eigenvalue weighted by Crippen LogP contribution is 2.05. The average Bonchev–Trinajstić information content (AvgIpc) is 2.72. The highest BCUT2D eigenvalue weighted by Gasteiger charge is 2.23. The minimum atomic E-state index is -0.987. The molecule has 31 heavy (non-hydrogen) atoms. The number of amides is 1. The second-order valence-corrected chi connectivity index (χ2v) is 6.99. The van der Waals surface area contributed by atoms with Crippen molar-refractivity contribution >= 4 is 23.3 Å². The molecule has 1 saturated heterocycles. The van der Waals surface area contributed by atoms with E-state index in [0.717, 1.165) is 26.2 Å². The molecule has 1 aliphatic heterocycles. The molecule has 1 heterocycles. The Kier molecular flexibility index (Phi) is 14.4. The zero-order valence-electron chi connectivity index (χ0n) is 18.5. The van der Waals surface area contributed by atoms with Gasteiger partial charge in [0.2, 0.25) is 5.91 Å². The highest BCUT2D eigenvalue weighted by molar-refractivity contribution is 5.99. The number of nitrogens with two attached hydrogens (primary N) is 4. The molecule has 178 valence electrons. The SMILES string of the molecule is C.CC(=NC(C)C(=O)N1CCN(C)CC1)C(N)=CN.CC(=NC(C)C(=O)O)C(N)=CN. The molecule has 2 unspecified atom stereocenters. The molecule has 1 amide bonds. The summed E-state index contributed by atoms with van der Waals surface area (Å²) in [5.41, 5.74) is 23.2. The summed E-state index contributed by atoms with van der Waals surface area (Å²) in [7, 11) is 2.06. The van der Waals surface area contributed by atoms with E-state index in [1.54, 1.807) is 20.8 Å². The van der Waals surface area contributed by atoms with Crippen LogP contribution in [0.25, 0.3) is 0 Å². The van der Waals surface area contributed by atoms with Gasteiger partial charge in [-0.2, -0.15) is 0 Å². The van der Waals surface area contributed by atoms with Gasteiger partial charge in [-0.3, -0.25) is 14.8 Å². The summed E-state index contributed by atoms with van der Waals surface area (Å²) < 4.78 is 0. The van der Waals surface area contributed by atoms with Crippen molar-refractivity contribution in [3.05, 3.63) is 23.8 Å². The molecule has 0 radical (unpaired) electrons. The fourth-order valence-electron chi connectivity index (χ4n) is 2.37. The van der Waals surface area contributed by atoms with Crippen LogP contribution in [0.3, 0.4) is 0 Å². The van der Waals surface area contributed by atoms with E-state index < -0.39 is 18.1 Å². The molecule has 0 aliphatic carbocycles. The van der Waals surface area contributed by atoms with Gasteiger partial charge in [-0.05, 0) is 34.7 Å². The Labute approximate surface area is 185 Å². The molecule has 1 rings (SSSR count). The lowest BCUT2D eigenvalue weighted by atomic mass is 10.2. The maximum Gasteiger partial charge on any atom is 0.328 e. The zero-order chi connectivity index (χ0) is 23.4. The van der Waals surface area contributed by atoms with Crippen molar-refractivity contribution in [1.29, 1.82) is 0 Å². The van der Waals surface area contributed by atoms with Gasteiger partial charge in [-0.25, -0.2) is 4.79 Å². The molecule has 11 nitrogen and oxygen atoms in total. The maximum absolute atomic E-state index is 12.2. The molecule has 0 aromatic rings. The van der Waals surface area contributed by atoms with Gasteiger partial charge >= 0.3 is 5.97 Å². The Hall–Kier alpha value is -3.08. The van der Waals surface area contributed by atoms with Crippen molar-refractivity contribution in [2.45, 2.75) is 47.2 Å². The molecule has 9 N–H and O–H groups in total. The normalized spacial score (nSPS) is 18.3. The van der Waals surface area contributed by atoms with Gasteiger partial charge in [0.1, 0.15) is 12.1 Å². The monoisotopic (exact) mass is 440 g/mol. The van der Waals surface area contributed by atoms with Crippen molar-refractivity contribution in [2.24, 2.45) is 32.9 Å². The third-order valence-electron chi connectivity index (χ3n) is 4.50. The fraction of sp³-hybridized carbons (Fsp3) is 0.600. The van der Waals surface area contributed by atoms with Gasteiger partial charge in [0.15, 0.2) is 0 Å². The van der Waals surface area contributed by atoms with Crippen molar-refractivity contribution < 1.29 is 14.7 Å². The number of carbonyl (C=O) groups is 2. The number of aliphatic imine (C=N–C) groups is 2. The van der Waals surface area contributed by atoms with E-state index in [2.05, 4.69) is 21.9 Å². The van der Waals surface area contributed by atoms with Crippen LogP contribution >= 0.6 is 0 Å². The summed E-state index contributed by atoms with van der Waals surface area (Å²) in [5, 5.41) is 8.49. The van der Waals surface area contributed by atoms with E-state index in [1.165, 1.54) is 19.3 Å². The topological polar surface area (TPSA) is 190 Å². The Balaban J connectivity index is 0. The number of hydrogen-bond donors (Lipinski definition) is 5. The summed E-state index contributed by atoms with van der Waals surface area (Å²) in [4.78, 5) is 34.6. The van der Waals surface area contributed by atoms with Crippen molar-refractivity contribution in [1.82, 2.24) is 9.80 Å². The first kappa shape index (κ1) is 30.1. The van der Waals surface area contributed by atoms with E-state index in [1.807, 2.05) is 4.90 Å². The van der Waals surface area contributed by atoms with E-state index in [-0.39, 0.29) is 13.3 Å². The van der Waals surface area contributed by atoms with Crippen LogP contribution in [0.15, 0.2) is 33.8 Å². The van der Waals surface area contributed by atoms with E-state index in [4.69, 9.17) is 28.0 Å². The lowest BCUT2D eigenvalue weighted by molar-refractivity contribution is -0.138. The quantitative estimate of drug-likeness (QED) is 0.347. The standard InChI is InChI=1S/C12H23N5O.C7H13N3O2.CH4/c1-9(11(14)8-13)15-10(2)12(18)17-6-4-16(3)5-7-17;1-4(6(9)3-8)10-5(2)7(11)12;/h8,10H,4-7,13-14H2,1-3H3;3,5H,8-9H2,1-2H3,(H,11,12);1H4. The van der Waals surface area contributed by atoms with Crippen molar-refractivity contribution in [3.8, 4) is 0 Å². The summed E-state index contributed by atoms with van der Waals surface area (Å²) >= 11 is 0. The molecule has 1 fully saturated rings. The second-order valence-electron chi connectivity index (χ2n) is 6.99. The van der Waals surface area contributed by atoms with Gasteiger partial charge in [-0.1, -0.05) is 7.43 Å². The number of carboxylic acids is 1. The first-order chi connectivity index (χ1) is 13.9. The maximum atomic E-state index is 12.2. The lowest BCUT2D eigenvalue weighted by Crippen LogP contribution is -2.49. The molecule has 0 aromatic carbocycles. The molecule has 11 heteroatoms. The molecular formula is C20H40N8O3. The van der Waals surface area contributed by atoms with E-state index in [0.29, 0.717) is 22.8 Å². The average molecular weight is 441 g/mol. The largest absolute Gasteiger partial charge is 0.480 e. The Morgan fingerprint density at radius 1 is 0.903 bits per heavy atom. The molecule has 0 saturated carbocycles. The molecular weight excluding hydrogens is 400 g/mol.